The van der Waals surface area contributed by atoms with Crippen molar-refractivity contribution >= 4 is 24.0 Å². The lowest BCUT2D eigenvalue weighted by Gasteiger charge is -2.41. The highest BCUT2D eigenvalue weighted by Gasteiger charge is 2.43. The maximum Gasteiger partial charge on any atom is 0.317 e. The van der Waals surface area contributed by atoms with E-state index in [1.165, 1.54) is 178 Å². The largest absolute Gasteiger partial charge is 0.385 e. The molecule has 4 aromatic carbocycles. The van der Waals surface area contributed by atoms with Crippen LogP contribution >= 0.6 is 0 Å². The summed E-state index contributed by atoms with van der Waals surface area (Å²) >= 11 is 0. The minimum Gasteiger partial charge on any atom is -0.385 e. The number of carbonyl (C=O) groups excluding carboxylic acids is 4. The number of urea groups is 3. The first-order valence-electron chi connectivity index (χ1n) is 54.9. The molecule has 12 rings (SSSR count). The third kappa shape index (κ3) is 40.7. The number of likely N-dealkylation sites (N-methyl/N-ethyl adjacent to an activating group) is 3. The molecule has 10 N–H and O–H groups in total. The molecular formula is C114H188N12O10. The summed E-state index contributed by atoms with van der Waals surface area (Å²) in [5.74, 6) is 5.45. The highest BCUT2D eigenvalue weighted by atomic mass is 16.5. The summed E-state index contributed by atoms with van der Waals surface area (Å²) in [7, 11) is 9.37. The Morgan fingerprint density at radius 1 is 0.441 bits per heavy atom. The number of amides is 7. The summed E-state index contributed by atoms with van der Waals surface area (Å²) in [5, 5.41) is 44.7. The average Bonchev–Trinajstić information content (AvgIpc) is 0.782. The number of piperidine rings is 3. The highest BCUT2D eigenvalue weighted by molar-refractivity contribution is 5.79. The van der Waals surface area contributed by atoms with Crippen LogP contribution in [-0.2, 0) is 34.1 Å². The van der Waals surface area contributed by atoms with E-state index in [9.17, 15) is 29.5 Å². The number of hydrogen-bond donors (Lipinski definition) is 9. The Morgan fingerprint density at radius 3 is 1.28 bits per heavy atom. The summed E-state index contributed by atoms with van der Waals surface area (Å²) in [5.41, 5.74) is 10.6. The van der Waals surface area contributed by atoms with Gasteiger partial charge < -0.3 is 86.4 Å². The SMILES string of the molecule is CCOCCCC[C@@H](c1ccccc1)[C@@H]1CCCN(C(=O)N[C@H](CNC)CC2CCCCC2)C1.CCOCCCC[C@H](c1ccccc1)[C@@H]1CCCN(C(=O)N[C@H](CNC)CC2CCCCC2)C1.CNC[C@H](CC1CCCCC1)NC(=O)[C@H]1CCC[C@@H]([C@@](O)(CCCCOC)c2ccccc2)C1.COCCCO[C@@H](c1cccc(C#N)c1)[C@@H]1CCCN(C(=O)N[C@H](CN)CC2CCCCC2)C1. The van der Waals surface area contributed by atoms with Gasteiger partial charge in [-0.1, -0.05) is 251 Å². The predicted molar refractivity (Wildman–Crippen MR) is 554 cm³/mol. The van der Waals surface area contributed by atoms with Gasteiger partial charge in [-0.25, -0.2) is 14.4 Å². The second-order valence-corrected chi connectivity index (χ2v) is 41.7. The number of nitrogens with zero attached hydrogens (tertiary/aromatic N) is 4. The summed E-state index contributed by atoms with van der Waals surface area (Å²) in [6.45, 7) is 17.2. The Morgan fingerprint density at radius 2 is 0.846 bits per heavy atom. The molecule has 8 fully saturated rings. The van der Waals surface area contributed by atoms with Crippen LogP contribution in [0.1, 0.15) is 342 Å². The lowest BCUT2D eigenvalue weighted by molar-refractivity contribution is -0.129. The van der Waals surface area contributed by atoms with Gasteiger partial charge in [-0.15, -0.1) is 0 Å². The Bertz CT molecular complexity index is 3710. The van der Waals surface area contributed by atoms with Gasteiger partial charge in [0.2, 0.25) is 5.91 Å². The van der Waals surface area contributed by atoms with Crippen molar-refractivity contribution in [3.63, 3.8) is 0 Å². The normalized spacial score (nSPS) is 21.9. The molecule has 7 amide bonds. The third-order valence-corrected chi connectivity index (χ3v) is 31.4. The molecule has 8 aliphatic rings. The van der Waals surface area contributed by atoms with E-state index in [0.717, 1.165) is 217 Å². The number of nitrogens with two attached hydrogens (primary N) is 1. The van der Waals surface area contributed by atoms with Gasteiger partial charge in [-0.2, -0.15) is 5.26 Å². The smallest absolute Gasteiger partial charge is 0.317 e. The molecular weight excluding hydrogens is 1700 g/mol. The van der Waals surface area contributed by atoms with Crippen LogP contribution in [0.25, 0.3) is 0 Å². The number of benzene rings is 4. The second-order valence-electron chi connectivity index (χ2n) is 41.7. The summed E-state index contributed by atoms with van der Waals surface area (Å²) in [4.78, 5) is 59.4. The van der Waals surface area contributed by atoms with Crippen molar-refractivity contribution in [2.75, 3.05) is 147 Å². The molecule has 0 spiro atoms. The quantitative estimate of drug-likeness (QED) is 0.0186. The lowest BCUT2D eigenvalue weighted by atomic mass is 9.68. The van der Waals surface area contributed by atoms with E-state index in [-0.39, 0.29) is 72.0 Å². The van der Waals surface area contributed by atoms with E-state index >= 15 is 0 Å². The number of rotatable bonds is 50. The summed E-state index contributed by atoms with van der Waals surface area (Å²) in [6, 6.07) is 42.9. The van der Waals surface area contributed by atoms with Crippen molar-refractivity contribution in [3.8, 4) is 6.07 Å². The number of hydrogen-bond acceptors (Lipinski definition) is 15. The minimum atomic E-state index is -0.888. The number of carbonyl (C=O) groups is 4. The van der Waals surface area contributed by atoms with Gasteiger partial charge >= 0.3 is 18.1 Å². The van der Waals surface area contributed by atoms with Crippen molar-refractivity contribution in [1.29, 1.82) is 5.26 Å². The first-order valence-corrected chi connectivity index (χ1v) is 54.9. The Kier molecular flexibility index (Phi) is 55.5. The number of nitrogens with one attached hydrogen (secondary N) is 7. The standard InChI is InChI=1S/2C29H49N3O2.C29H48N2O3.C27H42N4O3/c2*1-3-34-20-11-10-18-28(25-15-8-5-9-16-25)26-17-12-19-32(23-26)29(33)31-27(22-30-2)21-24-13-6-4-7-14-24;1-30-22-27(20-23-12-5-3-6-13-23)31-28(32)24-14-11-17-26(21-24)29(33,18-9-10-19-34-2)25-15-7-4-8-16-25;1-33-14-7-15-34-26(23-11-5-10-22(16-23)18-28)24-12-6-13-31(20-24)27(32)30-25(19-29)17-21-8-3-2-4-9-21/h2*5,8-9,15-16,24,26-28,30H,3-4,6-7,10-14,17-23H2,1-2H3,(H,31,33);4,7-8,15-16,23-24,26-27,30,33H,3,5-6,9-14,17-22H2,1-2H3,(H,31,32);5,10-11,16,21,24-26H,2-4,6-9,12-15,17,19-20,29H2,1H3,(H,30,32)/t26-,27+,28+;26-,27+,28-;24-,26+,27-,29+;24-,25+,26+/m1101/s1. The molecule has 5 saturated carbocycles. The molecule has 3 aliphatic heterocycles. The zero-order valence-corrected chi connectivity index (χ0v) is 85.8. The van der Waals surface area contributed by atoms with Crippen LogP contribution in [0, 0.1) is 64.6 Å². The van der Waals surface area contributed by atoms with E-state index in [1.54, 1.807) is 14.2 Å². The van der Waals surface area contributed by atoms with E-state index in [2.05, 4.69) is 128 Å². The maximum atomic E-state index is 13.4. The van der Waals surface area contributed by atoms with Crippen LogP contribution < -0.4 is 43.0 Å². The van der Waals surface area contributed by atoms with Crippen LogP contribution in [-0.4, -0.2) is 215 Å². The number of unbranched alkanes of at least 4 members (excludes halogenated alkanes) is 3. The topological polar surface area (TPSA) is 278 Å². The van der Waals surface area contributed by atoms with Crippen molar-refractivity contribution < 1.29 is 48.0 Å². The maximum absolute atomic E-state index is 13.4. The van der Waals surface area contributed by atoms with Crippen molar-refractivity contribution in [2.45, 2.75) is 344 Å². The molecule has 3 saturated heterocycles. The molecule has 0 radical (unpaired) electrons. The monoisotopic (exact) mass is 1890 g/mol. The van der Waals surface area contributed by atoms with Gasteiger partial charge in [-0.05, 0) is 257 Å². The first-order chi connectivity index (χ1) is 66.6. The zero-order chi connectivity index (χ0) is 96.4. The lowest BCUT2D eigenvalue weighted by Crippen LogP contribution is -2.51. The van der Waals surface area contributed by atoms with Crippen LogP contribution in [0.5, 0.6) is 0 Å². The average molecular weight is 1890 g/mol. The van der Waals surface area contributed by atoms with Crippen LogP contribution in [0.15, 0.2) is 115 Å². The van der Waals surface area contributed by atoms with Crippen molar-refractivity contribution in [3.05, 3.63) is 143 Å². The fourth-order valence-corrected chi connectivity index (χ4v) is 24.1. The Hall–Kier alpha value is -6.75. The molecule has 4 aromatic rings. The molecule has 22 nitrogen and oxygen atoms in total. The number of aliphatic hydroxyl groups is 1. The number of ether oxygens (including phenoxy) is 5. The fourth-order valence-electron chi connectivity index (χ4n) is 24.1. The first kappa shape index (κ1) is 113. The van der Waals surface area contributed by atoms with E-state index in [1.807, 2.05) is 80.6 Å². The summed E-state index contributed by atoms with van der Waals surface area (Å²) < 4.78 is 27.8. The van der Waals surface area contributed by atoms with Crippen LogP contribution in [0.2, 0.25) is 0 Å². The van der Waals surface area contributed by atoms with E-state index < -0.39 is 5.60 Å². The van der Waals surface area contributed by atoms with Gasteiger partial charge in [0.25, 0.3) is 0 Å². The van der Waals surface area contributed by atoms with Crippen LogP contribution in [0.3, 0.4) is 0 Å². The molecule has 0 bridgehead atoms. The number of likely N-dealkylation sites (tertiary alicyclic amines) is 3. The minimum absolute atomic E-state index is 0.0140. The molecule has 764 valence electrons. The summed E-state index contributed by atoms with van der Waals surface area (Å²) in [6.07, 6.45) is 51.1. The molecule has 13 atom stereocenters. The van der Waals surface area contributed by atoms with Crippen molar-refractivity contribution in [2.24, 2.45) is 59.0 Å². The second kappa shape index (κ2) is 66.9. The Balaban J connectivity index is 0.000000203. The van der Waals surface area contributed by atoms with Crippen molar-refractivity contribution in [1.82, 2.24) is 51.9 Å². The van der Waals surface area contributed by atoms with Gasteiger partial charge in [0.1, 0.15) is 0 Å². The molecule has 22 heteroatoms. The molecule has 3 heterocycles. The van der Waals surface area contributed by atoms with Gasteiger partial charge in [0.15, 0.2) is 0 Å². The number of methoxy groups -OCH3 is 2. The molecule has 5 aliphatic carbocycles. The Labute approximate surface area is 823 Å². The van der Waals surface area contributed by atoms with Gasteiger partial charge in [-0.3, -0.25) is 4.79 Å². The zero-order valence-electron chi connectivity index (χ0n) is 85.8. The van der Waals surface area contributed by atoms with Crippen LogP contribution in [0.4, 0.5) is 14.4 Å². The predicted octanol–water partition coefficient (Wildman–Crippen LogP) is 21.5. The van der Waals surface area contributed by atoms with E-state index in [0.29, 0.717) is 74.5 Å². The molecule has 0 unspecified atom stereocenters. The van der Waals surface area contributed by atoms with Gasteiger partial charge in [0.05, 0.1) is 23.3 Å². The fraction of sp³-hybridized carbons (Fsp3) is 0.746. The van der Waals surface area contributed by atoms with E-state index in [4.69, 9.17) is 29.4 Å². The highest BCUT2D eigenvalue weighted by Crippen LogP contribution is 2.46. The molecule has 0 aromatic heterocycles. The number of nitriles is 1. The van der Waals surface area contributed by atoms with Gasteiger partial charge in [0, 0.05) is 162 Å². The molecule has 136 heavy (non-hydrogen) atoms. The third-order valence-electron chi connectivity index (χ3n) is 31.4.